The minimum atomic E-state index is -0.606. The van der Waals surface area contributed by atoms with Crippen molar-refractivity contribution < 1.29 is 23.8 Å². The van der Waals surface area contributed by atoms with Gasteiger partial charge in [-0.3, -0.25) is 4.79 Å². The van der Waals surface area contributed by atoms with E-state index in [0.717, 1.165) is 11.1 Å². The second-order valence-corrected chi connectivity index (χ2v) is 6.53. The number of benzene rings is 2. The van der Waals surface area contributed by atoms with Crippen molar-refractivity contribution in [1.82, 2.24) is 4.90 Å². The van der Waals surface area contributed by atoms with Gasteiger partial charge in [0.25, 0.3) is 5.91 Å². The predicted molar refractivity (Wildman–Crippen MR) is 111 cm³/mol. The molecule has 0 aliphatic carbocycles. The van der Waals surface area contributed by atoms with Gasteiger partial charge in [-0.2, -0.15) is 0 Å². The van der Waals surface area contributed by atoms with E-state index in [4.69, 9.17) is 14.2 Å². The minimum absolute atomic E-state index is 0.136. The van der Waals surface area contributed by atoms with Crippen LogP contribution in [0.2, 0.25) is 0 Å². The van der Waals surface area contributed by atoms with Crippen LogP contribution in [0.3, 0.4) is 0 Å². The largest absolute Gasteiger partial charge is 0.493 e. The fraction of sp³-hybridized carbons (Fsp3) is 0.304. The van der Waals surface area contributed by atoms with Gasteiger partial charge in [0.05, 0.1) is 25.8 Å². The van der Waals surface area contributed by atoms with Gasteiger partial charge in [0, 0.05) is 12.6 Å². The Kier molecular flexibility index (Phi) is 7.83. The van der Waals surface area contributed by atoms with E-state index in [1.165, 1.54) is 20.3 Å². The molecule has 6 heteroatoms. The standard InChI is InChI=1S/C23H27NO5/c1-6-10-18-13-19(14-20(27-4)22(18)28-5)23(26)29-15-21(25)24(3)16(2)17-11-8-7-9-12-17/h6-9,11-14,16H,1,10,15H2,2-5H3. The fourth-order valence-corrected chi connectivity index (χ4v) is 2.95. The molecule has 2 rings (SSSR count). The van der Waals surface area contributed by atoms with Crippen molar-refractivity contribution in [2.45, 2.75) is 19.4 Å². The number of hydrogen-bond donors (Lipinski definition) is 0. The number of methoxy groups -OCH3 is 2. The van der Waals surface area contributed by atoms with Crippen LogP contribution in [-0.2, 0) is 16.0 Å². The second kappa shape index (κ2) is 10.3. The molecule has 1 amide bonds. The number of hydrogen-bond acceptors (Lipinski definition) is 5. The molecule has 0 fully saturated rings. The second-order valence-electron chi connectivity index (χ2n) is 6.53. The van der Waals surface area contributed by atoms with E-state index in [1.807, 2.05) is 37.3 Å². The summed E-state index contributed by atoms with van der Waals surface area (Å²) in [5.74, 6) is 0.0586. The summed E-state index contributed by atoms with van der Waals surface area (Å²) >= 11 is 0. The molecule has 0 spiro atoms. The maximum Gasteiger partial charge on any atom is 0.338 e. The quantitative estimate of drug-likeness (QED) is 0.476. The van der Waals surface area contributed by atoms with Crippen LogP contribution < -0.4 is 9.47 Å². The fourth-order valence-electron chi connectivity index (χ4n) is 2.95. The Morgan fingerprint density at radius 2 is 1.83 bits per heavy atom. The molecule has 0 bridgehead atoms. The zero-order valence-electron chi connectivity index (χ0n) is 17.3. The van der Waals surface area contributed by atoms with E-state index in [0.29, 0.717) is 17.9 Å². The van der Waals surface area contributed by atoms with Gasteiger partial charge in [-0.15, -0.1) is 6.58 Å². The summed E-state index contributed by atoms with van der Waals surface area (Å²) in [6, 6.07) is 12.7. The Labute approximate surface area is 171 Å². The highest BCUT2D eigenvalue weighted by Gasteiger charge is 2.21. The summed E-state index contributed by atoms with van der Waals surface area (Å²) in [4.78, 5) is 26.6. The van der Waals surface area contributed by atoms with Crippen LogP contribution in [0.4, 0.5) is 0 Å². The third-order valence-corrected chi connectivity index (χ3v) is 4.74. The predicted octanol–water partition coefficient (Wildman–Crippen LogP) is 3.81. The van der Waals surface area contributed by atoms with Crippen LogP contribution in [0.25, 0.3) is 0 Å². The first kappa shape index (κ1) is 22.0. The molecule has 0 aromatic heterocycles. The van der Waals surface area contributed by atoms with Crippen LogP contribution in [0, 0.1) is 0 Å². The van der Waals surface area contributed by atoms with Gasteiger partial charge in [0.2, 0.25) is 0 Å². The molecular weight excluding hydrogens is 370 g/mol. The number of carbonyl (C=O) groups excluding carboxylic acids is 2. The molecule has 0 N–H and O–H groups in total. The molecule has 0 saturated carbocycles. The van der Waals surface area contributed by atoms with Crippen LogP contribution in [0.1, 0.15) is 34.5 Å². The smallest absolute Gasteiger partial charge is 0.338 e. The summed E-state index contributed by atoms with van der Waals surface area (Å²) in [7, 11) is 4.71. The third kappa shape index (κ3) is 5.38. The zero-order chi connectivity index (χ0) is 21.4. The number of rotatable bonds is 9. The van der Waals surface area contributed by atoms with Crippen LogP contribution in [-0.4, -0.2) is 44.7 Å². The summed E-state index contributed by atoms with van der Waals surface area (Å²) in [6.45, 7) is 5.29. The monoisotopic (exact) mass is 397 g/mol. The van der Waals surface area contributed by atoms with Gasteiger partial charge >= 0.3 is 5.97 Å². The van der Waals surface area contributed by atoms with Crippen molar-refractivity contribution in [1.29, 1.82) is 0 Å². The highest BCUT2D eigenvalue weighted by atomic mass is 16.5. The van der Waals surface area contributed by atoms with Gasteiger partial charge in [0.15, 0.2) is 18.1 Å². The van der Waals surface area contributed by atoms with Gasteiger partial charge in [-0.1, -0.05) is 36.4 Å². The number of nitrogens with zero attached hydrogens (tertiary/aromatic N) is 1. The first-order valence-corrected chi connectivity index (χ1v) is 9.26. The number of allylic oxidation sites excluding steroid dienone is 1. The maximum atomic E-state index is 12.5. The number of ether oxygens (including phenoxy) is 3. The van der Waals surface area contributed by atoms with Crippen molar-refractivity contribution >= 4 is 11.9 Å². The molecule has 0 aliphatic heterocycles. The van der Waals surface area contributed by atoms with Crippen molar-refractivity contribution in [3.63, 3.8) is 0 Å². The van der Waals surface area contributed by atoms with Gasteiger partial charge in [-0.05, 0) is 31.0 Å². The Morgan fingerprint density at radius 1 is 1.14 bits per heavy atom. The molecular formula is C23H27NO5. The number of likely N-dealkylation sites (N-methyl/N-ethyl adjacent to an activating group) is 1. The van der Waals surface area contributed by atoms with E-state index >= 15 is 0 Å². The van der Waals surface area contributed by atoms with Crippen molar-refractivity contribution in [2.75, 3.05) is 27.9 Å². The van der Waals surface area contributed by atoms with Crippen molar-refractivity contribution in [2.24, 2.45) is 0 Å². The molecule has 0 heterocycles. The number of carbonyl (C=O) groups is 2. The van der Waals surface area contributed by atoms with Gasteiger partial charge < -0.3 is 19.1 Å². The van der Waals surface area contributed by atoms with E-state index in [2.05, 4.69) is 6.58 Å². The first-order valence-electron chi connectivity index (χ1n) is 9.26. The van der Waals surface area contributed by atoms with E-state index < -0.39 is 5.97 Å². The zero-order valence-corrected chi connectivity index (χ0v) is 17.3. The lowest BCUT2D eigenvalue weighted by Crippen LogP contribution is -2.33. The Bertz CT molecular complexity index is 863. The highest BCUT2D eigenvalue weighted by Crippen LogP contribution is 2.33. The molecule has 6 nitrogen and oxygen atoms in total. The van der Waals surface area contributed by atoms with E-state index in [-0.39, 0.29) is 24.1 Å². The molecule has 0 aliphatic rings. The van der Waals surface area contributed by atoms with Gasteiger partial charge in [-0.25, -0.2) is 4.79 Å². The molecule has 2 aromatic carbocycles. The summed E-state index contributed by atoms with van der Waals surface area (Å²) in [6.07, 6.45) is 2.20. The molecule has 0 radical (unpaired) electrons. The molecule has 0 saturated heterocycles. The Hall–Kier alpha value is -3.28. The molecule has 2 aromatic rings. The number of amides is 1. The normalized spacial score (nSPS) is 11.3. The SMILES string of the molecule is C=CCc1cc(C(=O)OCC(=O)N(C)C(C)c2ccccc2)cc(OC)c1OC. The lowest BCUT2D eigenvalue weighted by molar-refractivity contribution is -0.135. The van der Waals surface area contributed by atoms with Crippen molar-refractivity contribution in [3.05, 3.63) is 71.8 Å². The Morgan fingerprint density at radius 3 is 2.41 bits per heavy atom. The van der Waals surface area contributed by atoms with Crippen LogP contribution in [0.15, 0.2) is 55.1 Å². The van der Waals surface area contributed by atoms with E-state index in [9.17, 15) is 9.59 Å². The van der Waals surface area contributed by atoms with Gasteiger partial charge in [0.1, 0.15) is 0 Å². The summed E-state index contributed by atoms with van der Waals surface area (Å²) in [5.41, 5.74) is 2.03. The average molecular weight is 397 g/mol. The molecule has 1 atom stereocenters. The molecule has 154 valence electrons. The van der Waals surface area contributed by atoms with Crippen molar-refractivity contribution in [3.8, 4) is 11.5 Å². The van der Waals surface area contributed by atoms with Crippen LogP contribution in [0.5, 0.6) is 11.5 Å². The number of esters is 1. The lowest BCUT2D eigenvalue weighted by Gasteiger charge is -2.25. The van der Waals surface area contributed by atoms with Crippen LogP contribution >= 0.6 is 0 Å². The maximum absolute atomic E-state index is 12.5. The topological polar surface area (TPSA) is 65.1 Å². The third-order valence-electron chi connectivity index (χ3n) is 4.74. The average Bonchev–Trinajstić information content (AvgIpc) is 2.76. The highest BCUT2D eigenvalue weighted by molar-refractivity contribution is 5.92. The Balaban J connectivity index is 2.09. The minimum Gasteiger partial charge on any atom is -0.493 e. The first-order chi connectivity index (χ1) is 13.9. The lowest BCUT2D eigenvalue weighted by atomic mass is 10.1. The molecule has 29 heavy (non-hydrogen) atoms. The summed E-state index contributed by atoms with van der Waals surface area (Å²) in [5, 5.41) is 0. The van der Waals surface area contributed by atoms with E-state index in [1.54, 1.807) is 24.1 Å². The molecule has 1 unspecified atom stereocenters. The summed E-state index contributed by atoms with van der Waals surface area (Å²) < 4.78 is 15.9.